The Morgan fingerprint density at radius 1 is 1.12 bits per heavy atom. The standard InChI is InChI=1S/C17H18N2O5/c1-22-14-6-5-12(8-15(14)23-2)9-19-16(20)11-24-17(21)13-4-3-7-18-10-13/h3-8,10H,9,11H2,1-2H3,(H,19,20). The normalized spacial score (nSPS) is 9.92. The molecule has 1 aromatic heterocycles. The lowest BCUT2D eigenvalue weighted by molar-refractivity contribution is -0.124. The molecule has 126 valence electrons. The Kier molecular flexibility index (Phi) is 6.13. The molecule has 2 rings (SSSR count). The number of methoxy groups -OCH3 is 2. The highest BCUT2D eigenvalue weighted by Gasteiger charge is 2.10. The molecule has 1 N–H and O–H groups in total. The Balaban J connectivity index is 1.82. The molecule has 2 aromatic rings. The summed E-state index contributed by atoms with van der Waals surface area (Å²) in [6.07, 6.45) is 2.93. The van der Waals surface area contributed by atoms with Gasteiger partial charge >= 0.3 is 5.97 Å². The minimum absolute atomic E-state index is 0.281. The van der Waals surface area contributed by atoms with Crippen LogP contribution in [0.25, 0.3) is 0 Å². The molecular formula is C17H18N2O5. The third kappa shape index (κ3) is 4.70. The minimum atomic E-state index is -0.593. The number of aromatic nitrogens is 1. The first kappa shape index (κ1) is 17.3. The number of carbonyl (C=O) groups is 2. The fourth-order valence-corrected chi connectivity index (χ4v) is 1.94. The average Bonchev–Trinajstić information content (AvgIpc) is 2.64. The van der Waals surface area contributed by atoms with Gasteiger partial charge in [0.15, 0.2) is 18.1 Å². The Morgan fingerprint density at radius 3 is 2.58 bits per heavy atom. The van der Waals surface area contributed by atoms with Crippen molar-refractivity contribution in [1.29, 1.82) is 0 Å². The quantitative estimate of drug-likeness (QED) is 0.776. The predicted octanol–water partition coefficient (Wildman–Crippen LogP) is 1.57. The van der Waals surface area contributed by atoms with Gasteiger partial charge in [0.05, 0.1) is 19.8 Å². The summed E-state index contributed by atoms with van der Waals surface area (Å²) in [6, 6.07) is 8.51. The molecule has 0 unspecified atom stereocenters. The van der Waals surface area contributed by atoms with E-state index >= 15 is 0 Å². The van der Waals surface area contributed by atoms with Crippen LogP contribution in [0.4, 0.5) is 0 Å². The number of nitrogens with zero attached hydrogens (tertiary/aromatic N) is 1. The average molecular weight is 330 g/mol. The van der Waals surface area contributed by atoms with Crippen LogP contribution in [-0.2, 0) is 16.1 Å². The van der Waals surface area contributed by atoms with Crippen molar-refractivity contribution in [2.75, 3.05) is 20.8 Å². The third-order valence-corrected chi connectivity index (χ3v) is 3.17. The molecule has 1 amide bonds. The number of pyridine rings is 1. The molecule has 0 fully saturated rings. The number of hydrogen-bond donors (Lipinski definition) is 1. The summed E-state index contributed by atoms with van der Waals surface area (Å²) in [5, 5.41) is 2.67. The summed E-state index contributed by atoms with van der Waals surface area (Å²) in [4.78, 5) is 27.3. The van der Waals surface area contributed by atoms with Crippen molar-refractivity contribution < 1.29 is 23.8 Å². The first-order chi connectivity index (χ1) is 11.6. The maximum Gasteiger partial charge on any atom is 0.340 e. The van der Waals surface area contributed by atoms with Crippen LogP contribution in [-0.4, -0.2) is 37.7 Å². The molecule has 7 nitrogen and oxygen atoms in total. The van der Waals surface area contributed by atoms with E-state index in [1.165, 1.54) is 13.3 Å². The Hall–Kier alpha value is -3.09. The van der Waals surface area contributed by atoms with Crippen LogP contribution in [0.3, 0.4) is 0 Å². The Morgan fingerprint density at radius 2 is 1.92 bits per heavy atom. The van der Waals surface area contributed by atoms with Crippen LogP contribution in [0.1, 0.15) is 15.9 Å². The minimum Gasteiger partial charge on any atom is -0.493 e. The summed E-state index contributed by atoms with van der Waals surface area (Å²) in [5.41, 5.74) is 1.13. The van der Waals surface area contributed by atoms with Crippen molar-refractivity contribution in [1.82, 2.24) is 10.3 Å². The molecule has 0 bridgehead atoms. The van der Waals surface area contributed by atoms with E-state index in [1.807, 2.05) is 6.07 Å². The number of carbonyl (C=O) groups excluding carboxylic acids is 2. The molecule has 0 spiro atoms. The van der Waals surface area contributed by atoms with Gasteiger partial charge in [-0.25, -0.2) is 4.79 Å². The van der Waals surface area contributed by atoms with Gasteiger partial charge in [0.25, 0.3) is 5.91 Å². The van der Waals surface area contributed by atoms with Crippen molar-refractivity contribution in [3.05, 3.63) is 53.9 Å². The van der Waals surface area contributed by atoms with E-state index in [2.05, 4.69) is 10.3 Å². The van der Waals surface area contributed by atoms with E-state index in [0.717, 1.165) is 5.56 Å². The zero-order chi connectivity index (χ0) is 17.4. The summed E-state index contributed by atoms with van der Waals surface area (Å²) in [7, 11) is 3.09. The molecule has 0 radical (unpaired) electrons. The maximum atomic E-state index is 11.8. The van der Waals surface area contributed by atoms with Crippen molar-refractivity contribution in [2.24, 2.45) is 0 Å². The molecule has 0 saturated heterocycles. The highest BCUT2D eigenvalue weighted by molar-refractivity contribution is 5.90. The lowest BCUT2D eigenvalue weighted by atomic mass is 10.2. The van der Waals surface area contributed by atoms with E-state index in [0.29, 0.717) is 17.1 Å². The molecular weight excluding hydrogens is 312 g/mol. The molecule has 0 aliphatic rings. The third-order valence-electron chi connectivity index (χ3n) is 3.17. The van der Waals surface area contributed by atoms with Crippen LogP contribution in [0.2, 0.25) is 0 Å². The smallest absolute Gasteiger partial charge is 0.340 e. The van der Waals surface area contributed by atoms with Crippen LogP contribution < -0.4 is 14.8 Å². The number of benzene rings is 1. The van der Waals surface area contributed by atoms with E-state index in [4.69, 9.17) is 14.2 Å². The highest BCUT2D eigenvalue weighted by Crippen LogP contribution is 2.27. The van der Waals surface area contributed by atoms with Crippen LogP contribution in [0.5, 0.6) is 11.5 Å². The predicted molar refractivity (Wildman–Crippen MR) is 85.9 cm³/mol. The molecule has 0 aliphatic carbocycles. The zero-order valence-corrected chi connectivity index (χ0v) is 13.4. The molecule has 7 heteroatoms. The van der Waals surface area contributed by atoms with Crippen LogP contribution >= 0.6 is 0 Å². The Labute approximate surface area is 139 Å². The Bertz CT molecular complexity index is 703. The summed E-state index contributed by atoms with van der Waals surface area (Å²) >= 11 is 0. The molecule has 1 heterocycles. The van der Waals surface area contributed by atoms with Gasteiger partial charge in [0.1, 0.15) is 0 Å². The number of ether oxygens (including phenoxy) is 3. The fraction of sp³-hybridized carbons (Fsp3) is 0.235. The van der Waals surface area contributed by atoms with E-state index in [-0.39, 0.29) is 13.2 Å². The molecule has 0 atom stereocenters. The SMILES string of the molecule is COc1ccc(CNC(=O)COC(=O)c2cccnc2)cc1OC. The van der Waals surface area contributed by atoms with Gasteiger partial charge in [0.2, 0.25) is 0 Å². The lowest BCUT2D eigenvalue weighted by Crippen LogP contribution is -2.28. The molecule has 0 aliphatic heterocycles. The van der Waals surface area contributed by atoms with Gasteiger partial charge in [-0.3, -0.25) is 9.78 Å². The summed E-state index contributed by atoms with van der Waals surface area (Å²) in [5.74, 6) is 0.191. The second kappa shape index (κ2) is 8.52. The van der Waals surface area contributed by atoms with Gasteiger partial charge in [-0.05, 0) is 29.8 Å². The summed E-state index contributed by atoms with van der Waals surface area (Å²) < 4.78 is 15.3. The van der Waals surface area contributed by atoms with Crippen molar-refractivity contribution in [3.63, 3.8) is 0 Å². The topological polar surface area (TPSA) is 86.8 Å². The molecule has 0 saturated carbocycles. The zero-order valence-electron chi connectivity index (χ0n) is 13.4. The van der Waals surface area contributed by atoms with E-state index in [1.54, 1.807) is 37.6 Å². The monoisotopic (exact) mass is 330 g/mol. The molecule has 24 heavy (non-hydrogen) atoms. The lowest BCUT2D eigenvalue weighted by Gasteiger charge is -2.10. The van der Waals surface area contributed by atoms with Crippen molar-refractivity contribution >= 4 is 11.9 Å². The summed E-state index contributed by atoms with van der Waals surface area (Å²) in [6.45, 7) is -0.0787. The van der Waals surface area contributed by atoms with Gasteiger partial charge in [-0.15, -0.1) is 0 Å². The number of nitrogens with one attached hydrogen (secondary N) is 1. The highest BCUT2D eigenvalue weighted by atomic mass is 16.5. The van der Waals surface area contributed by atoms with Gasteiger partial charge < -0.3 is 19.5 Å². The van der Waals surface area contributed by atoms with Gasteiger partial charge in [-0.1, -0.05) is 6.07 Å². The maximum absolute atomic E-state index is 11.8. The van der Waals surface area contributed by atoms with Crippen LogP contribution in [0.15, 0.2) is 42.7 Å². The van der Waals surface area contributed by atoms with Gasteiger partial charge in [-0.2, -0.15) is 0 Å². The first-order valence-electron chi connectivity index (χ1n) is 7.18. The van der Waals surface area contributed by atoms with Crippen molar-refractivity contribution in [3.8, 4) is 11.5 Å². The second-order valence-corrected chi connectivity index (χ2v) is 4.78. The van der Waals surface area contributed by atoms with Gasteiger partial charge in [0, 0.05) is 18.9 Å². The fourth-order valence-electron chi connectivity index (χ4n) is 1.94. The second-order valence-electron chi connectivity index (χ2n) is 4.78. The number of hydrogen-bond acceptors (Lipinski definition) is 6. The van der Waals surface area contributed by atoms with Crippen molar-refractivity contribution in [2.45, 2.75) is 6.54 Å². The largest absolute Gasteiger partial charge is 0.493 e. The number of esters is 1. The number of rotatable bonds is 7. The molecule has 1 aromatic carbocycles. The van der Waals surface area contributed by atoms with E-state index in [9.17, 15) is 9.59 Å². The van der Waals surface area contributed by atoms with E-state index < -0.39 is 11.9 Å². The number of amides is 1. The first-order valence-corrected chi connectivity index (χ1v) is 7.18. The van der Waals surface area contributed by atoms with Crippen LogP contribution in [0, 0.1) is 0 Å².